The predicted octanol–water partition coefficient (Wildman–Crippen LogP) is 2.17. The molecule has 0 bridgehead atoms. The van der Waals surface area contributed by atoms with E-state index < -0.39 is 0 Å². The summed E-state index contributed by atoms with van der Waals surface area (Å²) in [5, 5.41) is 3.23. The predicted molar refractivity (Wildman–Crippen MR) is 82.6 cm³/mol. The SMILES string of the molecule is CCCNCc1c(F)cccc1N1CCCCC1C(N)=O. The monoisotopic (exact) mass is 293 g/mol. The Morgan fingerprint density at radius 1 is 1.48 bits per heavy atom. The van der Waals surface area contributed by atoms with Gasteiger partial charge in [-0.05, 0) is 44.4 Å². The number of carbonyl (C=O) groups excluding carboxylic acids is 1. The minimum atomic E-state index is -0.328. The van der Waals surface area contributed by atoms with Gasteiger partial charge in [-0.2, -0.15) is 0 Å². The number of primary amides is 1. The Hall–Kier alpha value is -1.62. The minimum Gasteiger partial charge on any atom is -0.368 e. The summed E-state index contributed by atoms with van der Waals surface area (Å²) in [7, 11) is 0. The number of nitrogens with zero attached hydrogens (tertiary/aromatic N) is 1. The molecule has 1 atom stereocenters. The third kappa shape index (κ3) is 3.73. The van der Waals surface area contributed by atoms with Crippen molar-refractivity contribution in [2.24, 2.45) is 5.73 Å². The van der Waals surface area contributed by atoms with Crippen LogP contribution in [-0.4, -0.2) is 25.0 Å². The topological polar surface area (TPSA) is 58.4 Å². The van der Waals surface area contributed by atoms with Gasteiger partial charge >= 0.3 is 0 Å². The van der Waals surface area contributed by atoms with Crippen LogP contribution < -0.4 is 16.0 Å². The van der Waals surface area contributed by atoms with Crippen molar-refractivity contribution in [3.8, 4) is 0 Å². The summed E-state index contributed by atoms with van der Waals surface area (Å²) in [5.41, 5.74) is 6.93. The number of piperidine rings is 1. The van der Waals surface area contributed by atoms with Crippen molar-refractivity contribution in [2.45, 2.75) is 45.2 Å². The largest absolute Gasteiger partial charge is 0.368 e. The van der Waals surface area contributed by atoms with E-state index in [0.29, 0.717) is 12.1 Å². The van der Waals surface area contributed by atoms with Gasteiger partial charge in [-0.25, -0.2) is 4.39 Å². The summed E-state index contributed by atoms with van der Waals surface area (Å²) >= 11 is 0. The normalized spacial score (nSPS) is 18.8. The lowest BCUT2D eigenvalue weighted by atomic mass is 9.99. The first-order chi connectivity index (χ1) is 10.1. The molecule has 116 valence electrons. The van der Waals surface area contributed by atoms with Gasteiger partial charge in [-0.1, -0.05) is 13.0 Å². The molecule has 0 radical (unpaired) electrons. The maximum atomic E-state index is 14.2. The highest BCUT2D eigenvalue weighted by molar-refractivity contribution is 5.84. The van der Waals surface area contributed by atoms with Gasteiger partial charge in [0.1, 0.15) is 11.9 Å². The van der Waals surface area contributed by atoms with E-state index in [9.17, 15) is 9.18 Å². The van der Waals surface area contributed by atoms with Crippen LogP contribution in [0.3, 0.4) is 0 Å². The number of benzene rings is 1. The Morgan fingerprint density at radius 2 is 2.29 bits per heavy atom. The van der Waals surface area contributed by atoms with Crippen molar-refractivity contribution in [3.63, 3.8) is 0 Å². The number of hydrogen-bond donors (Lipinski definition) is 2. The Labute approximate surface area is 125 Å². The molecule has 0 spiro atoms. The standard InChI is InChI=1S/C16H24FN3O/c1-2-9-19-11-12-13(17)6-5-8-14(12)20-10-4-3-7-15(20)16(18)21/h5-6,8,15,19H,2-4,7,9-11H2,1H3,(H2,18,21). The molecule has 0 aliphatic carbocycles. The van der Waals surface area contributed by atoms with Gasteiger partial charge in [-0.3, -0.25) is 4.79 Å². The fourth-order valence-corrected chi connectivity index (χ4v) is 2.90. The summed E-state index contributed by atoms with van der Waals surface area (Å²) in [4.78, 5) is 13.6. The van der Waals surface area contributed by atoms with Crippen LogP contribution in [0.1, 0.15) is 38.2 Å². The molecule has 5 heteroatoms. The lowest BCUT2D eigenvalue weighted by Crippen LogP contribution is -2.48. The molecule has 3 N–H and O–H groups in total. The van der Waals surface area contributed by atoms with Gasteiger partial charge in [0, 0.05) is 24.3 Å². The van der Waals surface area contributed by atoms with E-state index in [-0.39, 0.29) is 17.8 Å². The second-order valence-corrected chi connectivity index (χ2v) is 5.52. The first kappa shape index (κ1) is 15.8. The summed E-state index contributed by atoms with van der Waals surface area (Å²) in [6.07, 6.45) is 3.73. The van der Waals surface area contributed by atoms with Crippen molar-refractivity contribution in [1.29, 1.82) is 0 Å². The van der Waals surface area contributed by atoms with Crippen LogP contribution in [0.2, 0.25) is 0 Å². The molecule has 2 rings (SSSR count). The van der Waals surface area contributed by atoms with Gasteiger partial charge in [0.25, 0.3) is 0 Å². The molecule has 1 aliphatic heterocycles. The molecule has 1 heterocycles. The molecule has 0 saturated carbocycles. The van der Waals surface area contributed by atoms with Crippen molar-refractivity contribution in [2.75, 3.05) is 18.0 Å². The summed E-state index contributed by atoms with van der Waals surface area (Å²) < 4.78 is 14.2. The van der Waals surface area contributed by atoms with Crippen LogP contribution in [-0.2, 0) is 11.3 Å². The van der Waals surface area contributed by atoms with Gasteiger partial charge < -0.3 is 16.0 Å². The van der Waals surface area contributed by atoms with E-state index in [1.54, 1.807) is 6.07 Å². The third-order valence-electron chi connectivity index (χ3n) is 3.96. The highest BCUT2D eigenvalue weighted by Crippen LogP contribution is 2.29. The van der Waals surface area contributed by atoms with Crippen LogP contribution in [0.4, 0.5) is 10.1 Å². The molecule has 1 fully saturated rings. The molecule has 21 heavy (non-hydrogen) atoms. The zero-order chi connectivity index (χ0) is 15.2. The van der Waals surface area contributed by atoms with Crippen molar-refractivity contribution >= 4 is 11.6 Å². The Balaban J connectivity index is 2.28. The second kappa shape index (κ2) is 7.41. The average molecular weight is 293 g/mol. The van der Waals surface area contributed by atoms with E-state index in [4.69, 9.17) is 5.73 Å². The average Bonchev–Trinajstić information content (AvgIpc) is 2.49. The lowest BCUT2D eigenvalue weighted by molar-refractivity contribution is -0.119. The highest BCUT2D eigenvalue weighted by atomic mass is 19.1. The minimum absolute atomic E-state index is 0.232. The molecule has 1 amide bonds. The van der Waals surface area contributed by atoms with Crippen LogP contribution in [0.15, 0.2) is 18.2 Å². The van der Waals surface area contributed by atoms with E-state index in [1.807, 2.05) is 11.0 Å². The first-order valence-electron chi connectivity index (χ1n) is 7.69. The maximum Gasteiger partial charge on any atom is 0.240 e. The summed E-state index contributed by atoms with van der Waals surface area (Å²) in [6.45, 7) is 4.13. The van der Waals surface area contributed by atoms with Crippen LogP contribution in [0.25, 0.3) is 0 Å². The van der Waals surface area contributed by atoms with Gasteiger partial charge in [0.15, 0.2) is 0 Å². The van der Waals surface area contributed by atoms with E-state index in [1.165, 1.54) is 6.07 Å². The number of nitrogens with two attached hydrogens (primary N) is 1. The van der Waals surface area contributed by atoms with Gasteiger partial charge in [-0.15, -0.1) is 0 Å². The van der Waals surface area contributed by atoms with Crippen molar-refractivity contribution in [1.82, 2.24) is 5.32 Å². The zero-order valence-electron chi connectivity index (χ0n) is 12.6. The fraction of sp³-hybridized carbons (Fsp3) is 0.562. The van der Waals surface area contributed by atoms with E-state index in [2.05, 4.69) is 12.2 Å². The number of carbonyl (C=O) groups is 1. The summed E-state index contributed by atoms with van der Waals surface area (Å²) in [6, 6.07) is 4.72. The van der Waals surface area contributed by atoms with Gasteiger partial charge in [0.2, 0.25) is 5.91 Å². The number of halogens is 1. The highest BCUT2D eigenvalue weighted by Gasteiger charge is 2.29. The maximum absolute atomic E-state index is 14.2. The number of anilines is 1. The Kier molecular flexibility index (Phi) is 5.56. The molecule has 1 unspecified atom stereocenters. The Morgan fingerprint density at radius 3 is 3.00 bits per heavy atom. The molecular weight excluding hydrogens is 269 g/mol. The molecule has 1 aromatic rings. The smallest absolute Gasteiger partial charge is 0.240 e. The number of amides is 1. The zero-order valence-corrected chi connectivity index (χ0v) is 12.6. The first-order valence-corrected chi connectivity index (χ1v) is 7.69. The molecule has 1 aromatic carbocycles. The number of nitrogens with one attached hydrogen (secondary N) is 1. The van der Waals surface area contributed by atoms with E-state index in [0.717, 1.165) is 44.5 Å². The number of hydrogen-bond acceptors (Lipinski definition) is 3. The fourth-order valence-electron chi connectivity index (χ4n) is 2.90. The summed E-state index contributed by atoms with van der Waals surface area (Å²) in [5.74, 6) is -0.559. The third-order valence-corrected chi connectivity index (χ3v) is 3.96. The Bertz CT molecular complexity index is 492. The molecule has 1 aliphatic rings. The van der Waals surface area contributed by atoms with Crippen LogP contribution in [0, 0.1) is 5.82 Å². The van der Waals surface area contributed by atoms with Crippen molar-refractivity contribution < 1.29 is 9.18 Å². The van der Waals surface area contributed by atoms with E-state index >= 15 is 0 Å². The lowest BCUT2D eigenvalue weighted by Gasteiger charge is -2.37. The van der Waals surface area contributed by atoms with Crippen molar-refractivity contribution in [3.05, 3.63) is 29.6 Å². The van der Waals surface area contributed by atoms with Crippen LogP contribution >= 0.6 is 0 Å². The quantitative estimate of drug-likeness (QED) is 0.790. The molecule has 4 nitrogen and oxygen atoms in total. The molecule has 1 saturated heterocycles. The molecule has 0 aromatic heterocycles. The second-order valence-electron chi connectivity index (χ2n) is 5.52. The number of rotatable bonds is 6. The van der Waals surface area contributed by atoms with Crippen LogP contribution in [0.5, 0.6) is 0 Å². The van der Waals surface area contributed by atoms with Gasteiger partial charge in [0.05, 0.1) is 0 Å². The molecular formula is C16H24FN3O.